The predicted octanol–water partition coefficient (Wildman–Crippen LogP) is 1.29. The summed E-state index contributed by atoms with van der Waals surface area (Å²) in [5.41, 5.74) is -0.722. The van der Waals surface area contributed by atoms with Crippen molar-refractivity contribution in [3.05, 3.63) is 27.1 Å². The Balaban J connectivity index is 0.00000121. The maximum Gasteiger partial charge on any atom is 0.288 e. The van der Waals surface area contributed by atoms with Crippen LogP contribution in [0.3, 0.4) is 0 Å². The molecule has 1 heterocycles. The van der Waals surface area contributed by atoms with Gasteiger partial charge < -0.3 is 6.15 Å². The number of rotatable bonds is 1. The van der Waals surface area contributed by atoms with Crippen LogP contribution in [0.5, 0.6) is 0 Å². The van der Waals surface area contributed by atoms with E-state index >= 15 is 0 Å². The fourth-order valence-corrected chi connectivity index (χ4v) is 0.897. The second-order valence-electron chi connectivity index (χ2n) is 1.97. The first-order chi connectivity index (χ1) is 5.15. The van der Waals surface area contributed by atoms with Crippen molar-refractivity contribution in [3.63, 3.8) is 0 Å². The zero-order valence-corrected chi connectivity index (χ0v) is 7.28. The van der Waals surface area contributed by atoms with Crippen molar-refractivity contribution < 1.29 is 4.39 Å². The van der Waals surface area contributed by atoms with Gasteiger partial charge in [0.2, 0.25) is 11.1 Å². The van der Waals surface area contributed by atoms with Crippen LogP contribution in [0.1, 0.15) is 12.6 Å². The second-order valence-corrected chi connectivity index (χ2v) is 2.33. The summed E-state index contributed by atoms with van der Waals surface area (Å²) in [4.78, 5) is 16.3. The van der Waals surface area contributed by atoms with Gasteiger partial charge >= 0.3 is 0 Å². The highest BCUT2D eigenvalue weighted by Gasteiger charge is 2.06. The number of aryl methyl sites for hydroxylation is 1. The molecule has 0 fully saturated rings. The molecule has 0 unspecified atom stereocenters. The van der Waals surface area contributed by atoms with Gasteiger partial charge in [0.1, 0.15) is 0 Å². The number of H-pyrrole nitrogens is 1. The maximum absolute atomic E-state index is 12.7. The third-order valence-corrected chi connectivity index (χ3v) is 1.42. The third kappa shape index (κ3) is 2.02. The van der Waals surface area contributed by atoms with Crippen LogP contribution in [0.15, 0.2) is 4.79 Å². The number of aromatic nitrogens is 2. The summed E-state index contributed by atoms with van der Waals surface area (Å²) in [5.74, 6) is -0.850. The van der Waals surface area contributed by atoms with Crippen molar-refractivity contribution in [2.45, 2.75) is 13.3 Å². The van der Waals surface area contributed by atoms with Crippen LogP contribution in [0, 0.1) is 5.82 Å². The van der Waals surface area contributed by atoms with Gasteiger partial charge in [-0.3, -0.25) is 9.78 Å². The molecule has 6 heteroatoms. The average Bonchev–Trinajstić information content (AvgIpc) is 1.96. The molecule has 1 rings (SSSR count). The monoisotopic (exact) mass is 193 g/mol. The Kier molecular flexibility index (Phi) is 3.85. The Morgan fingerprint density at radius 1 is 1.67 bits per heavy atom. The van der Waals surface area contributed by atoms with Crippen LogP contribution in [-0.2, 0) is 6.42 Å². The summed E-state index contributed by atoms with van der Waals surface area (Å²) in [7, 11) is 0. The number of nitrogens with zero attached hydrogens (tertiary/aromatic N) is 1. The Hall–Kier alpha value is -0.940. The van der Waals surface area contributed by atoms with Gasteiger partial charge in [0.15, 0.2) is 0 Å². The molecule has 0 radical (unpaired) electrons. The van der Waals surface area contributed by atoms with Crippen LogP contribution in [0.2, 0.25) is 5.28 Å². The molecule has 0 saturated heterocycles. The largest absolute Gasteiger partial charge is 0.344 e. The highest BCUT2D eigenvalue weighted by molar-refractivity contribution is 6.28. The molecule has 0 aliphatic heterocycles. The smallest absolute Gasteiger partial charge is 0.288 e. The summed E-state index contributed by atoms with van der Waals surface area (Å²) < 4.78 is 12.7. The predicted molar refractivity (Wildman–Crippen MR) is 44.2 cm³/mol. The first-order valence-corrected chi connectivity index (χ1v) is 3.47. The van der Waals surface area contributed by atoms with Crippen LogP contribution in [-0.4, -0.2) is 9.97 Å². The number of hydrogen-bond donors (Lipinski definition) is 2. The topological polar surface area (TPSA) is 80.8 Å². The molecule has 1 aromatic rings. The molecule has 0 saturated carbocycles. The van der Waals surface area contributed by atoms with Crippen molar-refractivity contribution in [2.24, 2.45) is 0 Å². The normalized spacial score (nSPS) is 9.25. The number of hydrogen-bond acceptors (Lipinski definition) is 3. The van der Waals surface area contributed by atoms with E-state index in [9.17, 15) is 9.18 Å². The molecule has 4 N–H and O–H groups in total. The standard InChI is InChI=1S/C6H6ClFN2O.H3N/c1-2-3-4(8)5(11)10-6(7)9-3;/h2H2,1H3,(H,9,10,11);1H3. The van der Waals surface area contributed by atoms with E-state index < -0.39 is 11.4 Å². The van der Waals surface area contributed by atoms with Crippen molar-refractivity contribution in [1.82, 2.24) is 16.1 Å². The van der Waals surface area contributed by atoms with Gasteiger partial charge in [0, 0.05) is 0 Å². The van der Waals surface area contributed by atoms with Gasteiger partial charge in [0.05, 0.1) is 5.69 Å². The van der Waals surface area contributed by atoms with Crippen molar-refractivity contribution in [1.29, 1.82) is 0 Å². The lowest BCUT2D eigenvalue weighted by Gasteiger charge is -1.96. The highest BCUT2D eigenvalue weighted by Crippen LogP contribution is 2.02. The highest BCUT2D eigenvalue weighted by atomic mass is 35.5. The number of aromatic amines is 1. The molecule has 0 aliphatic carbocycles. The first-order valence-electron chi connectivity index (χ1n) is 3.09. The van der Waals surface area contributed by atoms with E-state index in [0.29, 0.717) is 6.42 Å². The minimum atomic E-state index is -0.850. The van der Waals surface area contributed by atoms with E-state index in [2.05, 4.69) is 4.98 Å². The zero-order valence-electron chi connectivity index (χ0n) is 6.53. The van der Waals surface area contributed by atoms with E-state index in [1.807, 2.05) is 4.98 Å². The molecule has 0 spiro atoms. The lowest BCUT2D eigenvalue weighted by Crippen LogP contribution is -2.15. The molecular formula is C6H9ClFN3O. The quantitative estimate of drug-likeness (QED) is 0.660. The molecule has 12 heavy (non-hydrogen) atoms. The Morgan fingerprint density at radius 3 is 2.75 bits per heavy atom. The van der Waals surface area contributed by atoms with Crippen LogP contribution >= 0.6 is 11.6 Å². The van der Waals surface area contributed by atoms with E-state index in [1.165, 1.54) is 0 Å². The van der Waals surface area contributed by atoms with Gasteiger partial charge in [-0.25, -0.2) is 4.98 Å². The SMILES string of the molecule is CCc1nc(Cl)[nH]c(=O)c1F.N. The summed E-state index contributed by atoms with van der Waals surface area (Å²) in [6.07, 6.45) is 0.357. The average molecular weight is 194 g/mol. The number of nitrogens with one attached hydrogen (secondary N) is 1. The van der Waals surface area contributed by atoms with Crippen LogP contribution in [0.25, 0.3) is 0 Å². The zero-order chi connectivity index (χ0) is 8.43. The van der Waals surface area contributed by atoms with E-state index in [4.69, 9.17) is 11.6 Å². The summed E-state index contributed by atoms with van der Waals surface area (Å²) >= 11 is 5.37. The van der Waals surface area contributed by atoms with E-state index in [1.54, 1.807) is 6.92 Å². The van der Waals surface area contributed by atoms with Crippen molar-refractivity contribution in [3.8, 4) is 0 Å². The van der Waals surface area contributed by atoms with Crippen LogP contribution < -0.4 is 11.7 Å². The molecular weight excluding hydrogens is 185 g/mol. The minimum absolute atomic E-state index is 0. The van der Waals surface area contributed by atoms with Gasteiger partial charge in [-0.1, -0.05) is 6.92 Å². The summed E-state index contributed by atoms with van der Waals surface area (Å²) in [6.45, 7) is 1.70. The Morgan fingerprint density at radius 2 is 2.25 bits per heavy atom. The summed E-state index contributed by atoms with van der Waals surface area (Å²) in [6, 6.07) is 0. The van der Waals surface area contributed by atoms with Crippen LogP contribution in [0.4, 0.5) is 4.39 Å². The second kappa shape index (κ2) is 4.18. The fraction of sp³-hybridized carbons (Fsp3) is 0.333. The number of halogens is 2. The third-order valence-electron chi connectivity index (χ3n) is 1.24. The lowest BCUT2D eigenvalue weighted by molar-refractivity contribution is 0.580. The van der Waals surface area contributed by atoms with Gasteiger partial charge in [-0.15, -0.1) is 0 Å². The minimum Gasteiger partial charge on any atom is -0.344 e. The maximum atomic E-state index is 12.7. The molecule has 0 atom stereocenters. The van der Waals surface area contributed by atoms with Crippen molar-refractivity contribution >= 4 is 11.6 Å². The van der Waals surface area contributed by atoms with Gasteiger partial charge in [-0.05, 0) is 18.0 Å². The molecule has 0 bridgehead atoms. The fourth-order valence-electron chi connectivity index (χ4n) is 0.709. The van der Waals surface area contributed by atoms with E-state index in [-0.39, 0.29) is 17.1 Å². The molecule has 68 valence electrons. The van der Waals surface area contributed by atoms with Gasteiger partial charge in [-0.2, -0.15) is 4.39 Å². The summed E-state index contributed by atoms with van der Waals surface area (Å²) in [5, 5.41) is -0.0757. The lowest BCUT2D eigenvalue weighted by atomic mass is 10.3. The van der Waals surface area contributed by atoms with Gasteiger partial charge in [0.25, 0.3) is 5.56 Å². The molecule has 0 aromatic carbocycles. The first kappa shape index (κ1) is 11.1. The Bertz CT molecular complexity index is 325. The molecule has 0 aliphatic rings. The Labute approximate surface area is 73.4 Å². The van der Waals surface area contributed by atoms with Crippen molar-refractivity contribution in [2.75, 3.05) is 0 Å². The molecule has 0 amide bonds. The molecule has 4 nitrogen and oxygen atoms in total. The van der Waals surface area contributed by atoms with E-state index in [0.717, 1.165) is 0 Å². The molecule has 1 aromatic heterocycles.